The van der Waals surface area contributed by atoms with Gasteiger partial charge in [0, 0.05) is 5.56 Å². The lowest BCUT2D eigenvalue weighted by molar-refractivity contribution is -0.132. The van der Waals surface area contributed by atoms with Crippen molar-refractivity contribution in [2.24, 2.45) is 0 Å². The van der Waals surface area contributed by atoms with Gasteiger partial charge >= 0.3 is 11.9 Å². The van der Waals surface area contributed by atoms with E-state index in [1.54, 1.807) is 31.2 Å². The minimum absolute atomic E-state index is 0.0288. The van der Waals surface area contributed by atoms with E-state index in [1.807, 2.05) is 31.2 Å². The summed E-state index contributed by atoms with van der Waals surface area (Å²) in [6, 6.07) is 13.4. The van der Waals surface area contributed by atoms with Crippen LogP contribution < -0.4 is 9.64 Å². The molecule has 1 aliphatic heterocycles. The lowest BCUT2D eigenvalue weighted by atomic mass is 9.94. The number of benzene rings is 2. The highest BCUT2D eigenvalue weighted by molar-refractivity contribution is 7.17. The van der Waals surface area contributed by atoms with Gasteiger partial charge in [0.1, 0.15) is 23.0 Å². The third kappa shape index (κ3) is 5.84. The molecule has 0 saturated carbocycles. The van der Waals surface area contributed by atoms with E-state index in [1.165, 1.54) is 11.0 Å². The Bertz CT molecular complexity index is 1460. The Morgan fingerprint density at radius 2 is 1.93 bits per heavy atom. The van der Waals surface area contributed by atoms with E-state index in [0.29, 0.717) is 29.2 Å². The van der Waals surface area contributed by atoms with Gasteiger partial charge in [-0.15, -0.1) is 0 Å². The van der Waals surface area contributed by atoms with Crippen LogP contribution in [0.5, 0.6) is 5.75 Å². The Morgan fingerprint density at radius 1 is 1.18 bits per heavy atom. The number of unbranched alkanes of at least 4 members (excludes halogenated alkanes) is 1. The quantitative estimate of drug-likeness (QED) is 0.0747. The van der Waals surface area contributed by atoms with E-state index in [-0.39, 0.29) is 27.9 Å². The average molecular weight is 561 g/mol. The number of hydrogen-bond acceptors (Lipinski definition) is 8. The van der Waals surface area contributed by atoms with Crippen LogP contribution in [0.1, 0.15) is 64.8 Å². The summed E-state index contributed by atoms with van der Waals surface area (Å²) in [4.78, 5) is 45.5. The molecule has 9 heteroatoms. The number of aliphatic hydroxyl groups excluding tert-OH is 1. The third-order valence-electron chi connectivity index (χ3n) is 6.53. The van der Waals surface area contributed by atoms with Crippen molar-refractivity contribution in [2.75, 3.05) is 18.1 Å². The second kappa shape index (κ2) is 12.7. The zero-order valence-electron chi connectivity index (χ0n) is 22.8. The van der Waals surface area contributed by atoms with E-state index < -0.39 is 23.7 Å². The first-order valence-electron chi connectivity index (χ1n) is 13.2. The minimum Gasteiger partial charge on any atom is -0.507 e. The fourth-order valence-corrected chi connectivity index (χ4v) is 5.37. The van der Waals surface area contributed by atoms with Crippen LogP contribution in [0, 0.1) is 6.92 Å². The molecule has 1 fully saturated rings. The molecule has 8 nitrogen and oxygen atoms in total. The Morgan fingerprint density at radius 3 is 2.60 bits per heavy atom. The normalized spacial score (nSPS) is 16.3. The number of amides is 1. The maximum Gasteiger partial charge on any atom is 0.350 e. The van der Waals surface area contributed by atoms with Crippen LogP contribution in [0.2, 0.25) is 0 Å². The molecule has 0 spiro atoms. The molecule has 1 aliphatic rings. The minimum atomic E-state index is -0.960. The number of nitrogens with zero attached hydrogens (tertiary/aromatic N) is 2. The monoisotopic (exact) mass is 560 g/mol. The molecule has 4 rings (SSSR count). The summed E-state index contributed by atoms with van der Waals surface area (Å²) >= 11 is 0.959. The van der Waals surface area contributed by atoms with Crippen molar-refractivity contribution in [3.8, 4) is 5.75 Å². The Hall–Kier alpha value is -4.24. The molecule has 0 bridgehead atoms. The fraction of sp³-hybridized carbons (Fsp3) is 0.290. The van der Waals surface area contributed by atoms with Crippen molar-refractivity contribution in [1.29, 1.82) is 0 Å². The number of hydrogen-bond donors (Lipinski definition) is 1. The first-order chi connectivity index (χ1) is 19.3. The molecule has 1 saturated heterocycles. The molecule has 1 atom stereocenters. The fourth-order valence-electron chi connectivity index (χ4n) is 4.38. The highest BCUT2D eigenvalue weighted by atomic mass is 32.1. The molecule has 1 N–H and O–H groups in total. The molecule has 0 aliphatic carbocycles. The molecule has 1 amide bonds. The number of aryl methyl sites for hydroxylation is 2. The van der Waals surface area contributed by atoms with Crippen LogP contribution in [0.3, 0.4) is 0 Å². The summed E-state index contributed by atoms with van der Waals surface area (Å²) in [5.41, 5.74) is 2.36. The van der Waals surface area contributed by atoms with Gasteiger partial charge in [0.05, 0.1) is 23.9 Å². The van der Waals surface area contributed by atoms with Crippen molar-refractivity contribution in [2.45, 2.75) is 46.1 Å². The van der Waals surface area contributed by atoms with Crippen molar-refractivity contribution < 1.29 is 29.0 Å². The Labute approximate surface area is 237 Å². The zero-order valence-corrected chi connectivity index (χ0v) is 23.6. The SMILES string of the molecule is C=CCOC(=O)c1sc(N2C(=O)C(=O)/C(=C(/O)c3cccc(OCCCC)c3)C2c2ccc(CC)cc2)nc1C. The number of anilines is 1. The molecule has 40 heavy (non-hydrogen) atoms. The topological polar surface area (TPSA) is 106 Å². The number of rotatable bonds is 11. The maximum absolute atomic E-state index is 13.5. The molecular formula is C31H32N2O6S. The molecule has 3 aromatic rings. The van der Waals surface area contributed by atoms with Gasteiger partial charge < -0.3 is 14.6 Å². The molecular weight excluding hydrogens is 528 g/mol. The van der Waals surface area contributed by atoms with E-state index in [4.69, 9.17) is 9.47 Å². The van der Waals surface area contributed by atoms with E-state index >= 15 is 0 Å². The van der Waals surface area contributed by atoms with Crippen LogP contribution in [-0.4, -0.2) is 41.0 Å². The van der Waals surface area contributed by atoms with Gasteiger partial charge in [0.15, 0.2) is 5.13 Å². The summed E-state index contributed by atoms with van der Waals surface area (Å²) in [5, 5.41) is 11.6. The molecule has 2 aromatic carbocycles. The van der Waals surface area contributed by atoms with E-state index in [9.17, 15) is 19.5 Å². The number of ether oxygens (including phenoxy) is 2. The van der Waals surface area contributed by atoms with Crippen LogP contribution in [0.25, 0.3) is 5.76 Å². The number of aromatic nitrogens is 1. The number of esters is 1. The molecule has 208 valence electrons. The first kappa shape index (κ1) is 28.8. The predicted octanol–water partition coefficient (Wildman–Crippen LogP) is 6.16. The van der Waals surface area contributed by atoms with E-state index in [2.05, 4.69) is 18.5 Å². The zero-order chi connectivity index (χ0) is 28.8. The molecule has 1 unspecified atom stereocenters. The van der Waals surface area contributed by atoms with Gasteiger partial charge in [-0.25, -0.2) is 9.78 Å². The van der Waals surface area contributed by atoms with Crippen molar-refractivity contribution >= 4 is 39.9 Å². The van der Waals surface area contributed by atoms with Crippen molar-refractivity contribution in [1.82, 2.24) is 4.98 Å². The highest BCUT2D eigenvalue weighted by Gasteiger charge is 2.48. The Balaban J connectivity index is 1.83. The average Bonchev–Trinajstić information content (AvgIpc) is 3.48. The summed E-state index contributed by atoms with van der Waals surface area (Å²) in [6.07, 6.45) is 4.12. The molecule has 1 aromatic heterocycles. The van der Waals surface area contributed by atoms with Gasteiger partial charge in [-0.05, 0) is 43.0 Å². The van der Waals surface area contributed by atoms with Gasteiger partial charge in [-0.1, -0.05) is 80.7 Å². The Kier molecular flexibility index (Phi) is 9.16. The van der Waals surface area contributed by atoms with Gasteiger partial charge in [0.2, 0.25) is 0 Å². The largest absolute Gasteiger partial charge is 0.507 e. The molecule has 0 radical (unpaired) electrons. The number of thiazole rings is 1. The van der Waals surface area contributed by atoms with Gasteiger partial charge in [-0.3, -0.25) is 14.5 Å². The first-order valence-corrected chi connectivity index (χ1v) is 14.0. The number of ketones is 1. The third-order valence-corrected chi connectivity index (χ3v) is 7.67. The van der Waals surface area contributed by atoms with Crippen LogP contribution >= 0.6 is 11.3 Å². The number of carbonyl (C=O) groups is 3. The van der Waals surface area contributed by atoms with E-state index in [0.717, 1.165) is 36.2 Å². The summed E-state index contributed by atoms with van der Waals surface area (Å²) < 4.78 is 11.0. The molecule has 2 heterocycles. The smallest absolute Gasteiger partial charge is 0.350 e. The standard InChI is InChI=1S/C31H32N2O6S/c1-5-8-17-38-23-11-9-10-22(18-23)26(34)24-25(21-14-12-20(7-3)13-15-21)33(29(36)27(24)35)31-32-19(4)28(40-31)30(37)39-16-6-2/h6,9-15,18,25,34H,2,5,7-8,16-17H2,1,3-4H3/b26-24+. The maximum atomic E-state index is 13.5. The lowest BCUT2D eigenvalue weighted by Crippen LogP contribution is -2.29. The van der Waals surface area contributed by atoms with Crippen LogP contribution in [-0.2, 0) is 20.7 Å². The van der Waals surface area contributed by atoms with Gasteiger partial charge in [-0.2, -0.15) is 0 Å². The second-order valence-corrected chi connectivity index (χ2v) is 10.3. The van der Waals surface area contributed by atoms with Gasteiger partial charge in [0.25, 0.3) is 5.78 Å². The number of aliphatic hydroxyl groups is 1. The highest BCUT2D eigenvalue weighted by Crippen LogP contribution is 2.44. The summed E-state index contributed by atoms with van der Waals surface area (Å²) in [5.74, 6) is -2.05. The lowest BCUT2D eigenvalue weighted by Gasteiger charge is -2.23. The van der Waals surface area contributed by atoms with Crippen molar-refractivity contribution in [3.63, 3.8) is 0 Å². The number of carbonyl (C=O) groups excluding carboxylic acids is 3. The second-order valence-electron chi connectivity index (χ2n) is 9.29. The summed E-state index contributed by atoms with van der Waals surface area (Å²) in [7, 11) is 0. The number of Topliss-reactive ketones (excluding diaryl/α,β-unsaturated/α-hetero) is 1. The van der Waals surface area contributed by atoms with Crippen LogP contribution in [0.15, 0.2) is 66.8 Å². The van der Waals surface area contributed by atoms with Crippen LogP contribution in [0.4, 0.5) is 5.13 Å². The summed E-state index contributed by atoms with van der Waals surface area (Å²) in [6.45, 7) is 9.83. The predicted molar refractivity (Wildman–Crippen MR) is 155 cm³/mol. The van der Waals surface area contributed by atoms with Crippen molar-refractivity contribution in [3.05, 3.63) is 94.0 Å².